The minimum absolute atomic E-state index is 0.119. The Kier molecular flexibility index (Phi) is 6.42. The molecule has 0 spiro atoms. The van der Waals surface area contributed by atoms with Crippen LogP contribution in [0.3, 0.4) is 0 Å². The van der Waals surface area contributed by atoms with Crippen molar-refractivity contribution < 1.29 is 13.2 Å². The second-order valence-electron chi connectivity index (χ2n) is 6.19. The highest BCUT2D eigenvalue weighted by molar-refractivity contribution is 7.92. The zero-order valence-electron chi connectivity index (χ0n) is 15.4. The first-order valence-corrected chi connectivity index (χ1v) is 11.7. The van der Waals surface area contributed by atoms with Crippen LogP contribution in [0.25, 0.3) is 10.6 Å². The first kappa shape index (κ1) is 21.5. The van der Waals surface area contributed by atoms with Crippen molar-refractivity contribution in [1.82, 2.24) is 10.2 Å². The quantitative estimate of drug-likeness (QED) is 0.581. The molecule has 0 unspecified atom stereocenters. The van der Waals surface area contributed by atoms with Gasteiger partial charge in [-0.05, 0) is 25.1 Å². The summed E-state index contributed by atoms with van der Waals surface area (Å²) in [5, 5.41) is 12.0. The standard InChI is InChI=1S/C18H16Cl2N4O3S2/c1-11-3-5-12(6-4-11)17-22-23-18(28-17)21-16(25)10-24(29(2,26)27)15-8-7-13(19)9-14(15)20/h3-9H,10H2,1-2H3,(H,21,23,25). The van der Waals surface area contributed by atoms with Gasteiger partial charge >= 0.3 is 0 Å². The molecule has 1 amide bonds. The molecule has 0 aliphatic carbocycles. The molecule has 0 aliphatic heterocycles. The predicted molar refractivity (Wildman–Crippen MR) is 117 cm³/mol. The third-order valence-electron chi connectivity index (χ3n) is 3.84. The number of hydrogen-bond acceptors (Lipinski definition) is 6. The number of aryl methyl sites for hydroxylation is 1. The fourth-order valence-electron chi connectivity index (χ4n) is 2.44. The van der Waals surface area contributed by atoms with Crippen LogP contribution in [0.2, 0.25) is 10.0 Å². The van der Waals surface area contributed by atoms with Crippen molar-refractivity contribution in [2.24, 2.45) is 0 Å². The Morgan fingerprint density at radius 1 is 1.14 bits per heavy atom. The van der Waals surface area contributed by atoms with Crippen LogP contribution >= 0.6 is 34.5 Å². The maximum atomic E-state index is 12.5. The molecule has 3 aromatic rings. The second kappa shape index (κ2) is 8.66. The number of nitrogens with one attached hydrogen (secondary N) is 1. The van der Waals surface area contributed by atoms with Gasteiger partial charge in [-0.25, -0.2) is 8.42 Å². The van der Waals surface area contributed by atoms with Crippen LogP contribution < -0.4 is 9.62 Å². The molecule has 7 nitrogen and oxygen atoms in total. The molecule has 0 saturated heterocycles. The van der Waals surface area contributed by atoms with Crippen LogP contribution in [0, 0.1) is 6.92 Å². The highest BCUT2D eigenvalue weighted by Gasteiger charge is 2.24. The molecule has 0 bridgehead atoms. The fourth-order valence-corrected chi connectivity index (χ4v) is 4.63. The van der Waals surface area contributed by atoms with E-state index < -0.39 is 22.5 Å². The maximum absolute atomic E-state index is 12.5. The zero-order chi connectivity index (χ0) is 21.2. The number of amides is 1. The van der Waals surface area contributed by atoms with Gasteiger partial charge in [0.25, 0.3) is 0 Å². The minimum atomic E-state index is -3.77. The van der Waals surface area contributed by atoms with Crippen LogP contribution in [-0.4, -0.2) is 37.3 Å². The summed E-state index contributed by atoms with van der Waals surface area (Å²) in [5.41, 5.74) is 2.15. The SMILES string of the molecule is Cc1ccc(-c2nnc(NC(=O)CN(c3ccc(Cl)cc3Cl)S(C)(=O)=O)s2)cc1. The maximum Gasteiger partial charge on any atom is 0.246 e. The number of sulfonamides is 1. The monoisotopic (exact) mass is 470 g/mol. The number of hydrogen-bond donors (Lipinski definition) is 1. The van der Waals surface area contributed by atoms with Gasteiger partial charge in [-0.15, -0.1) is 10.2 Å². The van der Waals surface area contributed by atoms with Crippen LogP contribution in [0.15, 0.2) is 42.5 Å². The number of halogens is 2. The Morgan fingerprint density at radius 3 is 2.45 bits per heavy atom. The average Bonchev–Trinajstić information content (AvgIpc) is 3.08. The average molecular weight is 471 g/mol. The summed E-state index contributed by atoms with van der Waals surface area (Å²) in [5.74, 6) is -0.576. The number of benzene rings is 2. The lowest BCUT2D eigenvalue weighted by molar-refractivity contribution is -0.114. The second-order valence-corrected chi connectivity index (χ2v) is 9.92. The molecule has 0 radical (unpaired) electrons. The first-order chi connectivity index (χ1) is 13.6. The van der Waals surface area contributed by atoms with Gasteiger partial charge < -0.3 is 0 Å². The molecule has 0 saturated carbocycles. The molecular weight excluding hydrogens is 455 g/mol. The summed E-state index contributed by atoms with van der Waals surface area (Å²) < 4.78 is 25.3. The van der Waals surface area contributed by atoms with E-state index >= 15 is 0 Å². The van der Waals surface area contributed by atoms with Crippen molar-refractivity contribution in [3.05, 3.63) is 58.1 Å². The van der Waals surface area contributed by atoms with Gasteiger partial charge in [0, 0.05) is 10.6 Å². The van der Waals surface area contributed by atoms with E-state index in [1.807, 2.05) is 31.2 Å². The highest BCUT2D eigenvalue weighted by Crippen LogP contribution is 2.31. The Balaban J connectivity index is 1.77. The van der Waals surface area contributed by atoms with Gasteiger partial charge in [-0.3, -0.25) is 14.4 Å². The molecule has 0 aliphatic rings. The number of nitrogens with zero attached hydrogens (tertiary/aromatic N) is 3. The van der Waals surface area contributed by atoms with Crippen molar-refractivity contribution in [1.29, 1.82) is 0 Å². The highest BCUT2D eigenvalue weighted by atomic mass is 35.5. The number of aromatic nitrogens is 2. The van der Waals surface area contributed by atoms with Gasteiger partial charge in [0.1, 0.15) is 11.6 Å². The van der Waals surface area contributed by atoms with Gasteiger partial charge in [-0.2, -0.15) is 0 Å². The molecule has 11 heteroatoms. The van der Waals surface area contributed by atoms with Crippen molar-refractivity contribution in [3.63, 3.8) is 0 Å². The molecule has 29 heavy (non-hydrogen) atoms. The van der Waals surface area contributed by atoms with Crippen LogP contribution in [0.1, 0.15) is 5.56 Å². The van der Waals surface area contributed by atoms with Gasteiger partial charge in [0.15, 0.2) is 0 Å². The summed E-state index contributed by atoms with van der Waals surface area (Å²) in [6, 6.07) is 12.1. The molecule has 2 aromatic carbocycles. The lowest BCUT2D eigenvalue weighted by Crippen LogP contribution is -2.37. The third kappa shape index (κ3) is 5.45. The lowest BCUT2D eigenvalue weighted by atomic mass is 10.2. The molecule has 0 fully saturated rings. The molecular formula is C18H16Cl2N4O3S2. The topological polar surface area (TPSA) is 92.3 Å². The normalized spacial score (nSPS) is 11.3. The minimum Gasteiger partial charge on any atom is -0.299 e. The van der Waals surface area contributed by atoms with E-state index in [2.05, 4.69) is 15.5 Å². The Labute approximate surface area is 182 Å². The largest absolute Gasteiger partial charge is 0.299 e. The van der Waals surface area contributed by atoms with Gasteiger partial charge in [0.05, 0.1) is 17.0 Å². The number of rotatable bonds is 6. The summed E-state index contributed by atoms with van der Waals surface area (Å²) >= 11 is 13.2. The van der Waals surface area contributed by atoms with E-state index in [-0.39, 0.29) is 15.8 Å². The van der Waals surface area contributed by atoms with E-state index in [1.165, 1.54) is 29.5 Å². The zero-order valence-corrected chi connectivity index (χ0v) is 18.5. The van der Waals surface area contributed by atoms with Gasteiger partial charge in [0.2, 0.25) is 21.1 Å². The van der Waals surface area contributed by atoms with Gasteiger partial charge in [-0.1, -0.05) is 64.4 Å². The van der Waals surface area contributed by atoms with Crippen LogP contribution in [0.5, 0.6) is 0 Å². The van der Waals surface area contributed by atoms with Crippen molar-refractivity contribution >= 4 is 61.3 Å². The molecule has 3 rings (SSSR count). The summed E-state index contributed by atoms with van der Waals surface area (Å²) in [6.45, 7) is 1.51. The number of anilines is 2. The molecule has 1 heterocycles. The predicted octanol–water partition coefficient (Wildman–Crippen LogP) is 4.23. The van der Waals surface area contributed by atoms with E-state index in [0.29, 0.717) is 10.0 Å². The number of carbonyl (C=O) groups excluding carboxylic acids is 1. The first-order valence-electron chi connectivity index (χ1n) is 8.26. The molecule has 1 aromatic heterocycles. The van der Waals surface area contributed by atoms with Crippen molar-refractivity contribution in [2.75, 3.05) is 22.4 Å². The van der Waals surface area contributed by atoms with Crippen molar-refractivity contribution in [3.8, 4) is 10.6 Å². The van der Waals surface area contributed by atoms with Crippen molar-refractivity contribution in [2.45, 2.75) is 6.92 Å². The lowest BCUT2D eigenvalue weighted by Gasteiger charge is -2.22. The Morgan fingerprint density at radius 2 is 1.83 bits per heavy atom. The summed E-state index contributed by atoms with van der Waals surface area (Å²) in [7, 11) is -3.77. The van der Waals surface area contributed by atoms with E-state index in [1.54, 1.807) is 0 Å². The smallest absolute Gasteiger partial charge is 0.246 e. The van der Waals surface area contributed by atoms with E-state index in [9.17, 15) is 13.2 Å². The van der Waals surface area contributed by atoms with E-state index in [4.69, 9.17) is 23.2 Å². The Hall–Kier alpha value is -2.20. The van der Waals surface area contributed by atoms with E-state index in [0.717, 1.165) is 21.7 Å². The Bertz CT molecular complexity index is 1150. The third-order valence-corrected chi connectivity index (χ3v) is 6.39. The summed E-state index contributed by atoms with van der Waals surface area (Å²) in [4.78, 5) is 12.5. The summed E-state index contributed by atoms with van der Waals surface area (Å²) in [6.07, 6.45) is 0.992. The molecule has 152 valence electrons. The fraction of sp³-hybridized carbons (Fsp3) is 0.167. The molecule has 1 N–H and O–H groups in total. The van der Waals surface area contributed by atoms with Crippen LogP contribution in [-0.2, 0) is 14.8 Å². The number of carbonyl (C=O) groups is 1. The van der Waals surface area contributed by atoms with Crippen LogP contribution in [0.4, 0.5) is 10.8 Å². The molecule has 0 atom stereocenters.